The molecule has 0 bridgehead atoms. The molecule has 0 aliphatic carbocycles. The van der Waals surface area contributed by atoms with Gasteiger partial charge in [0.05, 0.1) is 4.90 Å². The monoisotopic (exact) mass is 281 g/mol. The van der Waals surface area contributed by atoms with Gasteiger partial charge in [0.2, 0.25) is 10.0 Å². The SMILES string of the molecule is Cc1cccc(S(=O)(=O)NCCc2cccs2)c1. The maximum Gasteiger partial charge on any atom is 0.240 e. The Morgan fingerprint density at radius 2 is 2.06 bits per heavy atom. The van der Waals surface area contributed by atoms with Crippen LogP contribution in [0.4, 0.5) is 0 Å². The number of benzene rings is 1. The molecular weight excluding hydrogens is 266 g/mol. The average molecular weight is 281 g/mol. The van der Waals surface area contributed by atoms with Crippen molar-refractivity contribution < 1.29 is 8.42 Å². The van der Waals surface area contributed by atoms with E-state index in [0.717, 1.165) is 12.0 Å². The minimum absolute atomic E-state index is 0.327. The van der Waals surface area contributed by atoms with Gasteiger partial charge in [0.15, 0.2) is 0 Å². The average Bonchev–Trinajstić information content (AvgIpc) is 2.82. The molecule has 1 N–H and O–H groups in total. The Hall–Kier alpha value is -1.17. The van der Waals surface area contributed by atoms with E-state index < -0.39 is 10.0 Å². The van der Waals surface area contributed by atoms with Gasteiger partial charge in [0.1, 0.15) is 0 Å². The fourth-order valence-corrected chi connectivity index (χ4v) is 3.47. The standard InChI is InChI=1S/C13H15NO2S2/c1-11-4-2-6-13(10-11)18(15,16)14-8-7-12-5-3-9-17-12/h2-6,9-10,14H,7-8H2,1H3. The summed E-state index contributed by atoms with van der Waals surface area (Å²) < 4.78 is 26.6. The molecule has 0 amide bonds. The molecule has 0 saturated heterocycles. The fourth-order valence-electron chi connectivity index (χ4n) is 1.63. The van der Waals surface area contributed by atoms with Crippen LogP contribution in [0.2, 0.25) is 0 Å². The van der Waals surface area contributed by atoms with Gasteiger partial charge in [-0.15, -0.1) is 11.3 Å². The summed E-state index contributed by atoms with van der Waals surface area (Å²) in [6.45, 7) is 2.31. The molecule has 3 nitrogen and oxygen atoms in total. The van der Waals surface area contributed by atoms with E-state index >= 15 is 0 Å². The van der Waals surface area contributed by atoms with Crippen LogP contribution in [0.3, 0.4) is 0 Å². The van der Waals surface area contributed by atoms with Crippen molar-refractivity contribution in [1.82, 2.24) is 4.72 Å². The third-order valence-corrected chi connectivity index (χ3v) is 4.94. The summed E-state index contributed by atoms with van der Waals surface area (Å²) in [7, 11) is -3.38. The second-order valence-electron chi connectivity index (χ2n) is 4.04. The first-order valence-corrected chi connectivity index (χ1v) is 8.03. The molecule has 0 aliphatic heterocycles. The molecule has 2 aromatic rings. The molecule has 18 heavy (non-hydrogen) atoms. The largest absolute Gasteiger partial charge is 0.240 e. The van der Waals surface area contributed by atoms with Gasteiger partial charge in [-0.3, -0.25) is 0 Å². The lowest BCUT2D eigenvalue weighted by Crippen LogP contribution is -2.25. The summed E-state index contributed by atoms with van der Waals surface area (Å²) in [5.41, 5.74) is 0.941. The van der Waals surface area contributed by atoms with Crippen molar-refractivity contribution in [3.63, 3.8) is 0 Å². The third-order valence-electron chi connectivity index (χ3n) is 2.54. The highest BCUT2D eigenvalue weighted by Crippen LogP contribution is 2.12. The Kier molecular flexibility index (Phi) is 4.16. The summed E-state index contributed by atoms with van der Waals surface area (Å²) in [5.74, 6) is 0. The van der Waals surface area contributed by atoms with Gasteiger partial charge in [0.25, 0.3) is 0 Å². The van der Waals surface area contributed by atoms with E-state index in [1.54, 1.807) is 29.5 Å². The van der Waals surface area contributed by atoms with Gasteiger partial charge >= 0.3 is 0 Å². The van der Waals surface area contributed by atoms with Crippen molar-refractivity contribution in [3.05, 3.63) is 52.2 Å². The molecule has 1 aromatic carbocycles. The van der Waals surface area contributed by atoms with E-state index in [1.165, 1.54) is 4.88 Å². The van der Waals surface area contributed by atoms with E-state index in [9.17, 15) is 8.42 Å². The number of thiophene rings is 1. The molecule has 0 aliphatic rings. The first-order chi connectivity index (χ1) is 8.58. The Balaban J connectivity index is 1.99. The Morgan fingerprint density at radius 1 is 1.22 bits per heavy atom. The second kappa shape index (κ2) is 5.65. The quantitative estimate of drug-likeness (QED) is 0.915. The lowest BCUT2D eigenvalue weighted by molar-refractivity contribution is 0.582. The minimum atomic E-state index is -3.38. The molecule has 5 heteroatoms. The summed E-state index contributed by atoms with van der Waals surface area (Å²) in [6, 6.07) is 10.9. The smallest absolute Gasteiger partial charge is 0.211 e. The predicted molar refractivity (Wildman–Crippen MR) is 74.4 cm³/mol. The number of nitrogens with one attached hydrogen (secondary N) is 1. The van der Waals surface area contributed by atoms with E-state index in [0.29, 0.717) is 11.4 Å². The van der Waals surface area contributed by atoms with E-state index in [2.05, 4.69) is 4.72 Å². The van der Waals surface area contributed by atoms with Crippen molar-refractivity contribution in [2.45, 2.75) is 18.2 Å². The molecule has 0 saturated carbocycles. The zero-order valence-electron chi connectivity index (χ0n) is 10.1. The van der Waals surface area contributed by atoms with Crippen LogP contribution in [0.25, 0.3) is 0 Å². The molecule has 0 atom stereocenters. The molecule has 1 aromatic heterocycles. The number of aryl methyl sites for hydroxylation is 1. The highest BCUT2D eigenvalue weighted by molar-refractivity contribution is 7.89. The third kappa shape index (κ3) is 3.41. The highest BCUT2D eigenvalue weighted by atomic mass is 32.2. The lowest BCUT2D eigenvalue weighted by atomic mass is 10.2. The van der Waals surface area contributed by atoms with E-state index in [1.807, 2.05) is 30.5 Å². The van der Waals surface area contributed by atoms with Crippen LogP contribution in [0.15, 0.2) is 46.7 Å². The number of sulfonamides is 1. The Bertz CT molecular complexity index is 604. The topological polar surface area (TPSA) is 46.2 Å². The van der Waals surface area contributed by atoms with Gasteiger partial charge in [-0.1, -0.05) is 18.2 Å². The fraction of sp³-hybridized carbons (Fsp3) is 0.231. The normalized spacial score (nSPS) is 11.6. The number of hydrogen-bond acceptors (Lipinski definition) is 3. The first kappa shape index (κ1) is 13.3. The van der Waals surface area contributed by atoms with Gasteiger partial charge in [0, 0.05) is 11.4 Å². The molecule has 0 radical (unpaired) electrons. The molecule has 2 rings (SSSR count). The predicted octanol–water partition coefficient (Wildman–Crippen LogP) is 2.58. The minimum Gasteiger partial charge on any atom is -0.211 e. The van der Waals surface area contributed by atoms with Crippen LogP contribution >= 0.6 is 11.3 Å². The van der Waals surface area contributed by atoms with Crippen LogP contribution in [0.5, 0.6) is 0 Å². The zero-order chi connectivity index (χ0) is 13.0. The summed E-state index contributed by atoms with van der Waals surface area (Å²) in [6.07, 6.45) is 0.725. The van der Waals surface area contributed by atoms with E-state index in [-0.39, 0.29) is 0 Å². The van der Waals surface area contributed by atoms with Crippen LogP contribution in [0, 0.1) is 6.92 Å². The lowest BCUT2D eigenvalue weighted by Gasteiger charge is -2.06. The molecule has 0 spiro atoms. The van der Waals surface area contributed by atoms with Crippen molar-refractivity contribution >= 4 is 21.4 Å². The molecular formula is C13H15NO2S2. The highest BCUT2D eigenvalue weighted by Gasteiger charge is 2.12. The van der Waals surface area contributed by atoms with Crippen molar-refractivity contribution in [2.24, 2.45) is 0 Å². The van der Waals surface area contributed by atoms with Gasteiger partial charge < -0.3 is 0 Å². The summed E-state index contributed by atoms with van der Waals surface area (Å²) in [5, 5.41) is 1.99. The second-order valence-corrected chi connectivity index (χ2v) is 6.84. The Morgan fingerprint density at radius 3 is 2.72 bits per heavy atom. The molecule has 0 unspecified atom stereocenters. The number of rotatable bonds is 5. The van der Waals surface area contributed by atoms with Crippen molar-refractivity contribution in [1.29, 1.82) is 0 Å². The van der Waals surface area contributed by atoms with Gasteiger partial charge in [-0.25, -0.2) is 13.1 Å². The molecule has 0 fully saturated rings. The number of hydrogen-bond donors (Lipinski definition) is 1. The maximum absolute atomic E-state index is 12.0. The molecule has 1 heterocycles. The van der Waals surface area contributed by atoms with Crippen LogP contribution in [-0.4, -0.2) is 15.0 Å². The van der Waals surface area contributed by atoms with Crippen LogP contribution in [0.1, 0.15) is 10.4 Å². The summed E-state index contributed by atoms with van der Waals surface area (Å²) in [4.78, 5) is 1.51. The van der Waals surface area contributed by atoms with Crippen LogP contribution in [-0.2, 0) is 16.4 Å². The summed E-state index contributed by atoms with van der Waals surface area (Å²) >= 11 is 1.64. The maximum atomic E-state index is 12.0. The van der Waals surface area contributed by atoms with Crippen LogP contribution < -0.4 is 4.72 Å². The molecule has 96 valence electrons. The zero-order valence-corrected chi connectivity index (χ0v) is 11.7. The van der Waals surface area contributed by atoms with Gasteiger partial charge in [-0.05, 0) is 42.5 Å². The van der Waals surface area contributed by atoms with E-state index in [4.69, 9.17) is 0 Å². The first-order valence-electron chi connectivity index (χ1n) is 5.67. The van der Waals surface area contributed by atoms with Crippen molar-refractivity contribution in [2.75, 3.05) is 6.54 Å². The van der Waals surface area contributed by atoms with Gasteiger partial charge in [-0.2, -0.15) is 0 Å². The van der Waals surface area contributed by atoms with Crippen molar-refractivity contribution in [3.8, 4) is 0 Å². The Labute approximate surface area is 112 Å².